The summed E-state index contributed by atoms with van der Waals surface area (Å²) in [6, 6.07) is 6.73. The Morgan fingerprint density at radius 2 is 2.33 bits per heavy atom. The summed E-state index contributed by atoms with van der Waals surface area (Å²) in [6.07, 6.45) is 2.23. The van der Waals surface area contributed by atoms with Gasteiger partial charge in [-0.3, -0.25) is 4.79 Å². The number of nitrogens with two attached hydrogens (primary N) is 1. The number of hydrogen-bond donors (Lipinski definition) is 1. The van der Waals surface area contributed by atoms with Gasteiger partial charge in [-0.05, 0) is 30.7 Å². The molecule has 1 aromatic carbocycles. The first-order chi connectivity index (χ1) is 8.58. The maximum Gasteiger partial charge on any atom is 0.259 e. The van der Waals surface area contributed by atoms with E-state index in [4.69, 9.17) is 27.3 Å². The quantitative estimate of drug-likeness (QED) is 0.656. The lowest BCUT2D eigenvalue weighted by Crippen LogP contribution is -2.12. The van der Waals surface area contributed by atoms with Gasteiger partial charge in [0.1, 0.15) is 17.4 Å². The number of carbonyl (C=O) groups excluding carboxylic acids is 1. The minimum atomic E-state index is -0.779. The van der Waals surface area contributed by atoms with Crippen LogP contribution in [-0.2, 0) is 4.79 Å². The summed E-state index contributed by atoms with van der Waals surface area (Å²) in [5, 5.41) is 9.29. The molecule has 0 aromatic heterocycles. The Kier molecular flexibility index (Phi) is 5.22. The molecule has 0 saturated heterocycles. The summed E-state index contributed by atoms with van der Waals surface area (Å²) in [5.41, 5.74) is 5.50. The Balaban J connectivity index is 3.17. The third-order valence-electron chi connectivity index (χ3n) is 2.12. The fourth-order valence-corrected chi connectivity index (χ4v) is 1.47. The van der Waals surface area contributed by atoms with E-state index < -0.39 is 5.91 Å². The number of rotatable bonds is 5. The molecule has 0 heterocycles. The van der Waals surface area contributed by atoms with E-state index in [2.05, 4.69) is 0 Å². The summed E-state index contributed by atoms with van der Waals surface area (Å²) in [4.78, 5) is 11.0. The van der Waals surface area contributed by atoms with Crippen molar-refractivity contribution in [1.82, 2.24) is 0 Å². The monoisotopic (exact) mass is 264 g/mol. The fourth-order valence-electron chi connectivity index (χ4n) is 1.29. The van der Waals surface area contributed by atoms with Gasteiger partial charge in [0.05, 0.1) is 6.61 Å². The number of hydrogen-bond acceptors (Lipinski definition) is 3. The van der Waals surface area contributed by atoms with Gasteiger partial charge in [-0.2, -0.15) is 5.26 Å². The summed E-state index contributed by atoms with van der Waals surface area (Å²) in [5.74, 6) is -0.214. The number of primary amides is 1. The van der Waals surface area contributed by atoms with Gasteiger partial charge >= 0.3 is 0 Å². The molecule has 0 saturated carbocycles. The van der Waals surface area contributed by atoms with Crippen LogP contribution < -0.4 is 10.5 Å². The Bertz CT molecular complexity index is 518. The number of amides is 1. The van der Waals surface area contributed by atoms with Crippen LogP contribution in [0.1, 0.15) is 18.9 Å². The predicted molar refractivity (Wildman–Crippen MR) is 70.0 cm³/mol. The largest absolute Gasteiger partial charge is 0.493 e. The van der Waals surface area contributed by atoms with E-state index in [0.29, 0.717) is 22.9 Å². The van der Waals surface area contributed by atoms with Crippen LogP contribution in [-0.4, -0.2) is 12.5 Å². The highest BCUT2D eigenvalue weighted by molar-refractivity contribution is 6.30. The van der Waals surface area contributed by atoms with Gasteiger partial charge in [-0.25, -0.2) is 0 Å². The zero-order valence-electron chi connectivity index (χ0n) is 9.94. The molecule has 1 rings (SSSR count). The van der Waals surface area contributed by atoms with Gasteiger partial charge in [0.25, 0.3) is 5.91 Å². The van der Waals surface area contributed by atoms with Crippen molar-refractivity contribution < 1.29 is 9.53 Å². The standard InChI is InChI=1S/C13H13ClN2O2/c1-2-5-18-12-4-3-11(14)7-9(12)6-10(8-15)13(16)17/h3-4,6-7H,2,5H2,1H3,(H2,16,17)/b10-6+. The van der Waals surface area contributed by atoms with Crippen LogP contribution in [0.4, 0.5) is 0 Å². The SMILES string of the molecule is CCCOc1ccc(Cl)cc1/C=C(\C#N)C(N)=O. The maximum atomic E-state index is 11.0. The van der Waals surface area contributed by atoms with Crippen LogP contribution in [0.3, 0.4) is 0 Å². The number of carbonyl (C=O) groups is 1. The Labute approximate surface area is 111 Å². The fraction of sp³-hybridized carbons (Fsp3) is 0.231. The number of benzene rings is 1. The molecule has 0 bridgehead atoms. The average molecular weight is 265 g/mol. The van der Waals surface area contributed by atoms with Crippen molar-refractivity contribution in [2.24, 2.45) is 5.73 Å². The number of nitriles is 1. The first-order valence-corrected chi connectivity index (χ1v) is 5.80. The van der Waals surface area contributed by atoms with E-state index in [0.717, 1.165) is 6.42 Å². The van der Waals surface area contributed by atoms with E-state index in [1.165, 1.54) is 6.08 Å². The zero-order valence-corrected chi connectivity index (χ0v) is 10.7. The van der Waals surface area contributed by atoms with Crippen LogP contribution in [0.2, 0.25) is 5.02 Å². The molecule has 18 heavy (non-hydrogen) atoms. The van der Waals surface area contributed by atoms with Gasteiger partial charge in [0.2, 0.25) is 0 Å². The second-order valence-corrected chi connectivity index (χ2v) is 4.00. The zero-order chi connectivity index (χ0) is 13.5. The molecule has 0 aliphatic rings. The lowest BCUT2D eigenvalue weighted by atomic mass is 10.1. The van der Waals surface area contributed by atoms with Gasteiger partial charge in [0, 0.05) is 10.6 Å². The highest BCUT2D eigenvalue weighted by atomic mass is 35.5. The third kappa shape index (κ3) is 3.79. The van der Waals surface area contributed by atoms with Crippen molar-refractivity contribution >= 4 is 23.6 Å². The van der Waals surface area contributed by atoms with E-state index in [-0.39, 0.29) is 5.57 Å². The van der Waals surface area contributed by atoms with Gasteiger partial charge in [0.15, 0.2) is 0 Å². The Morgan fingerprint density at radius 3 is 2.89 bits per heavy atom. The Morgan fingerprint density at radius 1 is 1.61 bits per heavy atom. The van der Waals surface area contributed by atoms with Crippen molar-refractivity contribution in [3.8, 4) is 11.8 Å². The molecule has 5 heteroatoms. The van der Waals surface area contributed by atoms with E-state index >= 15 is 0 Å². The van der Waals surface area contributed by atoms with Crippen molar-refractivity contribution in [2.45, 2.75) is 13.3 Å². The molecule has 1 aromatic rings. The molecule has 2 N–H and O–H groups in total. The maximum absolute atomic E-state index is 11.0. The summed E-state index contributed by atoms with van der Waals surface area (Å²) < 4.78 is 5.50. The molecule has 94 valence electrons. The summed E-state index contributed by atoms with van der Waals surface area (Å²) in [6.45, 7) is 2.52. The number of ether oxygens (including phenoxy) is 1. The van der Waals surface area contributed by atoms with Crippen LogP contribution >= 0.6 is 11.6 Å². The van der Waals surface area contributed by atoms with Crippen molar-refractivity contribution in [3.05, 3.63) is 34.4 Å². The highest BCUT2D eigenvalue weighted by Gasteiger charge is 2.08. The van der Waals surface area contributed by atoms with Crippen LogP contribution in [0.25, 0.3) is 6.08 Å². The van der Waals surface area contributed by atoms with Crippen LogP contribution in [0.15, 0.2) is 23.8 Å². The second-order valence-electron chi connectivity index (χ2n) is 3.56. The van der Waals surface area contributed by atoms with E-state index in [1.807, 2.05) is 6.92 Å². The first kappa shape index (κ1) is 14.1. The van der Waals surface area contributed by atoms with Crippen molar-refractivity contribution in [1.29, 1.82) is 5.26 Å². The molecular weight excluding hydrogens is 252 g/mol. The first-order valence-electron chi connectivity index (χ1n) is 5.42. The smallest absolute Gasteiger partial charge is 0.259 e. The molecule has 1 amide bonds. The van der Waals surface area contributed by atoms with Gasteiger partial charge in [-0.1, -0.05) is 18.5 Å². The highest BCUT2D eigenvalue weighted by Crippen LogP contribution is 2.25. The minimum Gasteiger partial charge on any atom is -0.493 e. The topological polar surface area (TPSA) is 76.1 Å². The van der Waals surface area contributed by atoms with Gasteiger partial charge in [-0.15, -0.1) is 0 Å². The van der Waals surface area contributed by atoms with Crippen LogP contribution in [0, 0.1) is 11.3 Å². The summed E-state index contributed by atoms with van der Waals surface area (Å²) >= 11 is 5.87. The van der Waals surface area contributed by atoms with Gasteiger partial charge < -0.3 is 10.5 Å². The second kappa shape index (κ2) is 6.67. The van der Waals surface area contributed by atoms with Crippen LogP contribution in [0.5, 0.6) is 5.75 Å². The molecule has 0 atom stereocenters. The average Bonchev–Trinajstić information content (AvgIpc) is 2.34. The number of nitrogens with zero attached hydrogens (tertiary/aromatic N) is 1. The Hall–Kier alpha value is -1.99. The molecular formula is C13H13ClN2O2. The molecule has 0 fully saturated rings. The number of halogens is 1. The van der Waals surface area contributed by atoms with Crippen molar-refractivity contribution in [2.75, 3.05) is 6.61 Å². The third-order valence-corrected chi connectivity index (χ3v) is 2.35. The normalized spacial score (nSPS) is 10.8. The molecule has 0 spiro atoms. The molecule has 4 nitrogen and oxygen atoms in total. The lowest BCUT2D eigenvalue weighted by molar-refractivity contribution is -0.114. The molecule has 0 unspecified atom stereocenters. The molecule has 0 radical (unpaired) electrons. The van der Waals surface area contributed by atoms with Crippen molar-refractivity contribution in [3.63, 3.8) is 0 Å². The molecule has 0 aliphatic carbocycles. The van der Waals surface area contributed by atoms with E-state index in [9.17, 15) is 4.79 Å². The summed E-state index contributed by atoms with van der Waals surface area (Å²) in [7, 11) is 0. The minimum absolute atomic E-state index is 0.140. The predicted octanol–water partition coefficient (Wildman–Crippen LogP) is 2.52. The van der Waals surface area contributed by atoms with E-state index in [1.54, 1.807) is 24.3 Å². The molecule has 0 aliphatic heterocycles. The lowest BCUT2D eigenvalue weighted by Gasteiger charge is -2.08.